The van der Waals surface area contributed by atoms with Gasteiger partial charge in [0.15, 0.2) is 6.61 Å². The maximum atomic E-state index is 12.2. The van der Waals surface area contributed by atoms with Crippen LogP contribution in [0.5, 0.6) is 0 Å². The van der Waals surface area contributed by atoms with E-state index in [0.29, 0.717) is 5.56 Å². The number of nitrogens with zero attached hydrogens (tertiary/aromatic N) is 2. The minimum atomic E-state index is -0.940. The molecule has 1 heterocycles. The average molecular weight is 397 g/mol. The molecule has 0 radical (unpaired) electrons. The van der Waals surface area contributed by atoms with Gasteiger partial charge in [-0.2, -0.15) is 0 Å². The first-order chi connectivity index (χ1) is 13.8. The van der Waals surface area contributed by atoms with Crippen LogP contribution in [0.1, 0.15) is 26.3 Å². The zero-order valence-corrected chi connectivity index (χ0v) is 15.2. The van der Waals surface area contributed by atoms with Crippen molar-refractivity contribution in [2.24, 2.45) is 0 Å². The van der Waals surface area contributed by atoms with Crippen molar-refractivity contribution >= 4 is 35.1 Å². The van der Waals surface area contributed by atoms with Gasteiger partial charge in [0, 0.05) is 17.3 Å². The second kappa shape index (κ2) is 7.89. The van der Waals surface area contributed by atoms with Crippen LogP contribution in [0, 0.1) is 17.0 Å². The number of imide groups is 1. The molecule has 0 fully saturated rings. The van der Waals surface area contributed by atoms with E-state index in [1.165, 1.54) is 30.3 Å². The average Bonchev–Trinajstić information content (AvgIpc) is 2.93. The molecule has 0 aromatic heterocycles. The fourth-order valence-corrected chi connectivity index (χ4v) is 2.78. The molecule has 10 heteroatoms. The van der Waals surface area contributed by atoms with Crippen LogP contribution in [0.2, 0.25) is 0 Å². The number of benzene rings is 2. The summed E-state index contributed by atoms with van der Waals surface area (Å²) in [4.78, 5) is 59.4. The number of nitrogens with one attached hydrogen (secondary N) is 1. The third kappa shape index (κ3) is 4.10. The Hall–Kier alpha value is -4.08. The highest BCUT2D eigenvalue weighted by molar-refractivity contribution is 6.22. The first-order valence-corrected chi connectivity index (χ1v) is 8.43. The molecule has 1 N–H and O–H groups in total. The molecule has 3 amide bonds. The number of esters is 1. The first-order valence-electron chi connectivity index (χ1n) is 8.43. The van der Waals surface area contributed by atoms with E-state index in [1.54, 1.807) is 19.1 Å². The second-order valence-corrected chi connectivity index (χ2v) is 6.21. The maximum absolute atomic E-state index is 12.2. The third-order valence-corrected chi connectivity index (χ3v) is 4.22. The summed E-state index contributed by atoms with van der Waals surface area (Å²) in [6, 6.07) is 10.3. The predicted octanol–water partition coefficient (Wildman–Crippen LogP) is 1.68. The van der Waals surface area contributed by atoms with Gasteiger partial charge in [0.1, 0.15) is 6.54 Å². The summed E-state index contributed by atoms with van der Waals surface area (Å²) in [7, 11) is 0. The van der Waals surface area contributed by atoms with Gasteiger partial charge in [-0.15, -0.1) is 0 Å². The number of carbonyl (C=O) groups excluding carboxylic acids is 4. The lowest BCUT2D eigenvalue weighted by Crippen LogP contribution is -2.36. The number of nitro groups is 1. The van der Waals surface area contributed by atoms with Crippen molar-refractivity contribution in [2.45, 2.75) is 6.92 Å². The Kier molecular flexibility index (Phi) is 5.35. The molecule has 1 aliphatic rings. The number of aryl methyl sites for hydroxylation is 1. The van der Waals surface area contributed by atoms with Crippen molar-refractivity contribution in [3.05, 3.63) is 69.3 Å². The quantitative estimate of drug-likeness (QED) is 0.339. The summed E-state index contributed by atoms with van der Waals surface area (Å²) in [5.74, 6) is -2.89. The molecule has 148 valence electrons. The van der Waals surface area contributed by atoms with Crippen molar-refractivity contribution in [3.8, 4) is 0 Å². The second-order valence-electron chi connectivity index (χ2n) is 6.21. The molecule has 0 aliphatic carbocycles. The summed E-state index contributed by atoms with van der Waals surface area (Å²) >= 11 is 0. The van der Waals surface area contributed by atoms with Gasteiger partial charge in [0.25, 0.3) is 23.4 Å². The zero-order valence-electron chi connectivity index (χ0n) is 15.2. The first kappa shape index (κ1) is 19.7. The van der Waals surface area contributed by atoms with Crippen molar-refractivity contribution in [2.75, 3.05) is 18.5 Å². The van der Waals surface area contributed by atoms with Gasteiger partial charge in [-0.1, -0.05) is 18.2 Å². The topological polar surface area (TPSA) is 136 Å². The summed E-state index contributed by atoms with van der Waals surface area (Å²) in [5.41, 5.74) is 0.836. The standard InChI is InChI=1S/C19H15N3O7/c1-11-6-7-12(8-15(11)22(27)28)20-16(23)10-29-17(24)9-21-18(25)13-4-2-3-5-14(13)19(21)26/h2-8H,9-10H2,1H3,(H,20,23). The van der Waals surface area contributed by atoms with Crippen LogP contribution in [0.25, 0.3) is 0 Å². The van der Waals surface area contributed by atoms with E-state index in [-0.39, 0.29) is 22.5 Å². The van der Waals surface area contributed by atoms with Gasteiger partial charge in [0.2, 0.25) is 0 Å². The van der Waals surface area contributed by atoms with Crippen molar-refractivity contribution < 1.29 is 28.8 Å². The maximum Gasteiger partial charge on any atom is 0.326 e. The monoisotopic (exact) mass is 397 g/mol. The number of rotatable bonds is 6. The minimum Gasteiger partial charge on any atom is -0.454 e. The summed E-state index contributed by atoms with van der Waals surface area (Å²) in [6.45, 7) is 0.254. The van der Waals surface area contributed by atoms with Gasteiger partial charge in [-0.3, -0.25) is 34.2 Å². The van der Waals surface area contributed by atoms with E-state index < -0.39 is 41.8 Å². The Morgan fingerprint density at radius 2 is 1.72 bits per heavy atom. The highest BCUT2D eigenvalue weighted by Gasteiger charge is 2.36. The normalized spacial score (nSPS) is 12.5. The number of carbonyl (C=O) groups is 4. The summed E-state index contributed by atoms with van der Waals surface area (Å²) in [6.07, 6.45) is 0. The van der Waals surface area contributed by atoms with Gasteiger partial charge in [-0.25, -0.2) is 0 Å². The van der Waals surface area contributed by atoms with E-state index in [9.17, 15) is 29.3 Å². The molecule has 1 aliphatic heterocycles. The number of fused-ring (bicyclic) bond motifs is 1. The number of hydrogen-bond acceptors (Lipinski definition) is 7. The fourth-order valence-electron chi connectivity index (χ4n) is 2.78. The number of anilines is 1. The lowest BCUT2D eigenvalue weighted by molar-refractivity contribution is -0.385. The Morgan fingerprint density at radius 3 is 2.31 bits per heavy atom. The smallest absolute Gasteiger partial charge is 0.326 e. The largest absolute Gasteiger partial charge is 0.454 e. The molecule has 29 heavy (non-hydrogen) atoms. The van der Waals surface area contributed by atoms with E-state index in [2.05, 4.69) is 5.32 Å². The third-order valence-electron chi connectivity index (χ3n) is 4.22. The molecule has 0 saturated carbocycles. The SMILES string of the molecule is Cc1ccc(NC(=O)COC(=O)CN2C(=O)c3ccccc3C2=O)cc1[N+](=O)[O-]. The molecule has 0 spiro atoms. The molecule has 2 aromatic rings. The Balaban J connectivity index is 1.54. The Labute approximate surface area is 164 Å². The Morgan fingerprint density at radius 1 is 1.10 bits per heavy atom. The number of ether oxygens (including phenoxy) is 1. The molecule has 0 atom stereocenters. The minimum absolute atomic E-state index is 0.162. The lowest BCUT2D eigenvalue weighted by Gasteiger charge is -2.13. The van der Waals surface area contributed by atoms with Gasteiger partial charge >= 0.3 is 5.97 Å². The number of amides is 3. The van der Waals surface area contributed by atoms with Crippen LogP contribution < -0.4 is 5.32 Å². The predicted molar refractivity (Wildman–Crippen MR) is 99.2 cm³/mol. The van der Waals surface area contributed by atoms with E-state index in [1.807, 2.05) is 0 Å². The van der Waals surface area contributed by atoms with Crippen LogP contribution in [-0.4, -0.2) is 46.7 Å². The molecule has 3 rings (SSSR count). The van der Waals surface area contributed by atoms with Crippen molar-refractivity contribution in [1.29, 1.82) is 0 Å². The van der Waals surface area contributed by atoms with E-state index >= 15 is 0 Å². The van der Waals surface area contributed by atoms with Crippen LogP contribution in [0.3, 0.4) is 0 Å². The highest BCUT2D eigenvalue weighted by Crippen LogP contribution is 2.23. The molecule has 0 unspecified atom stereocenters. The van der Waals surface area contributed by atoms with Crippen molar-refractivity contribution in [1.82, 2.24) is 4.90 Å². The summed E-state index contributed by atoms with van der Waals surface area (Å²) < 4.78 is 4.80. The zero-order chi connectivity index (χ0) is 21.1. The van der Waals surface area contributed by atoms with Crippen LogP contribution in [0.4, 0.5) is 11.4 Å². The number of hydrogen-bond donors (Lipinski definition) is 1. The van der Waals surface area contributed by atoms with Crippen LogP contribution in [0.15, 0.2) is 42.5 Å². The molecule has 10 nitrogen and oxygen atoms in total. The molecule has 0 saturated heterocycles. The summed E-state index contributed by atoms with van der Waals surface area (Å²) in [5, 5.41) is 13.3. The van der Waals surface area contributed by atoms with E-state index in [4.69, 9.17) is 4.74 Å². The molecule has 0 bridgehead atoms. The van der Waals surface area contributed by atoms with Crippen LogP contribution >= 0.6 is 0 Å². The number of nitro benzene ring substituents is 1. The van der Waals surface area contributed by atoms with Crippen LogP contribution in [-0.2, 0) is 14.3 Å². The molecule has 2 aromatic carbocycles. The Bertz CT molecular complexity index is 1010. The highest BCUT2D eigenvalue weighted by atomic mass is 16.6. The molecular formula is C19H15N3O7. The lowest BCUT2D eigenvalue weighted by atomic mass is 10.1. The molecular weight excluding hydrogens is 382 g/mol. The van der Waals surface area contributed by atoms with Gasteiger partial charge in [0.05, 0.1) is 16.1 Å². The fraction of sp³-hybridized carbons (Fsp3) is 0.158. The van der Waals surface area contributed by atoms with Gasteiger partial charge < -0.3 is 10.1 Å². The van der Waals surface area contributed by atoms with Gasteiger partial charge in [-0.05, 0) is 25.1 Å². The van der Waals surface area contributed by atoms with Crippen molar-refractivity contribution in [3.63, 3.8) is 0 Å². The van der Waals surface area contributed by atoms with E-state index in [0.717, 1.165) is 4.90 Å².